The predicted octanol–water partition coefficient (Wildman–Crippen LogP) is 4.16. The molecule has 0 atom stereocenters. The third-order valence-electron chi connectivity index (χ3n) is 2.97. The van der Waals surface area contributed by atoms with Gasteiger partial charge in [0.2, 0.25) is 0 Å². The Balaban J connectivity index is 1.99. The third-order valence-corrected chi connectivity index (χ3v) is 7.43. The maximum absolute atomic E-state index is 12.5. The summed E-state index contributed by atoms with van der Waals surface area (Å²) in [6.45, 7) is 0.498. The van der Waals surface area contributed by atoms with Gasteiger partial charge in [-0.25, -0.2) is 0 Å². The van der Waals surface area contributed by atoms with Gasteiger partial charge >= 0.3 is 124 Å². The van der Waals surface area contributed by atoms with Crippen LogP contribution in [0, 0.1) is 3.57 Å². The summed E-state index contributed by atoms with van der Waals surface area (Å²) in [7, 11) is 0. The fraction of sp³-hybridized carbons (Fsp3) is 0.0714. The summed E-state index contributed by atoms with van der Waals surface area (Å²) in [6, 6.07) is 17.2. The first-order valence-electron chi connectivity index (χ1n) is 6.01. The number of nitrogens with zero attached hydrogens (tertiary/aromatic N) is 4. The van der Waals surface area contributed by atoms with Gasteiger partial charge in [0.1, 0.15) is 0 Å². The van der Waals surface area contributed by atoms with Crippen LogP contribution in [-0.4, -0.2) is 9.02 Å². The number of carbonyl (C=O) groups is 1. The Labute approximate surface area is 123 Å². The number of benzene rings is 2. The van der Waals surface area contributed by atoms with Crippen molar-refractivity contribution in [3.63, 3.8) is 0 Å². The maximum atomic E-state index is 12.5. The molecule has 100 valence electrons. The molecule has 1 heterocycles. The first kappa shape index (κ1) is 13.0. The van der Waals surface area contributed by atoms with E-state index < -0.39 is 20.4 Å². The predicted molar refractivity (Wildman–Crippen MR) is 84.6 cm³/mol. The van der Waals surface area contributed by atoms with Gasteiger partial charge in [-0.3, -0.25) is 0 Å². The van der Waals surface area contributed by atoms with Gasteiger partial charge in [-0.1, -0.05) is 0 Å². The molecule has 0 bridgehead atoms. The first-order valence-corrected chi connectivity index (χ1v) is 9.02. The number of carbonyl (C=O) groups excluding carboxylic acids is 1. The van der Waals surface area contributed by atoms with Crippen molar-refractivity contribution >= 4 is 26.3 Å². The van der Waals surface area contributed by atoms with Crippen LogP contribution in [-0.2, 0) is 6.54 Å². The van der Waals surface area contributed by atoms with Gasteiger partial charge in [0, 0.05) is 0 Å². The molecule has 1 amide bonds. The Morgan fingerprint density at radius 3 is 2.55 bits per heavy atom. The Morgan fingerprint density at radius 2 is 1.80 bits per heavy atom. The monoisotopic (exact) mass is 378 g/mol. The molecule has 20 heavy (non-hydrogen) atoms. The van der Waals surface area contributed by atoms with Crippen molar-refractivity contribution in [2.24, 2.45) is 3.33 Å². The number of amides is 1. The second kappa shape index (κ2) is 5.52. The molecule has 1 aliphatic heterocycles. The van der Waals surface area contributed by atoms with Crippen LogP contribution >= 0.6 is 20.4 Å². The number of hydrogen-bond acceptors (Lipinski definition) is 2. The molecule has 2 aromatic rings. The summed E-state index contributed by atoms with van der Waals surface area (Å²) in [5.41, 5.74) is 10.5. The Kier molecular flexibility index (Phi) is 3.58. The molecular weight excluding hydrogens is 367 g/mol. The summed E-state index contributed by atoms with van der Waals surface area (Å²) in [4.78, 5) is 15.4. The fourth-order valence-corrected chi connectivity index (χ4v) is 6.21. The molecule has 0 aliphatic carbocycles. The van der Waals surface area contributed by atoms with Crippen LogP contribution < -0.4 is 0 Å². The van der Waals surface area contributed by atoms with Gasteiger partial charge in [-0.15, -0.1) is 0 Å². The van der Waals surface area contributed by atoms with Crippen LogP contribution in [0.4, 0.5) is 0 Å². The van der Waals surface area contributed by atoms with Crippen molar-refractivity contribution in [2.45, 2.75) is 6.54 Å². The minimum atomic E-state index is -2.33. The quantitative estimate of drug-likeness (QED) is 0.260. The molecular formula is C14H11IN4O. The van der Waals surface area contributed by atoms with Crippen LogP contribution in [0.25, 0.3) is 10.4 Å². The summed E-state index contributed by atoms with van der Waals surface area (Å²) in [5.74, 6) is -0.0259. The molecule has 0 radical (unpaired) electrons. The standard InChI is InChI=1S/C14H11IN4O/c16-18-17-15-13-9-5-4-8-12(13)14(20)19(15)10-11-6-2-1-3-7-11/h1-9H,10H2. The van der Waals surface area contributed by atoms with Gasteiger partial charge in [-0.2, -0.15) is 0 Å². The zero-order valence-electron chi connectivity index (χ0n) is 10.5. The second-order valence-corrected chi connectivity index (χ2v) is 8.36. The van der Waals surface area contributed by atoms with E-state index in [-0.39, 0.29) is 5.91 Å². The molecule has 0 unspecified atom stereocenters. The molecule has 3 rings (SSSR count). The zero-order valence-corrected chi connectivity index (χ0v) is 12.6. The first-order chi connectivity index (χ1) is 9.81. The summed E-state index contributed by atoms with van der Waals surface area (Å²) < 4.78 is 6.62. The van der Waals surface area contributed by atoms with Crippen molar-refractivity contribution in [2.75, 3.05) is 0 Å². The van der Waals surface area contributed by atoms with Gasteiger partial charge in [0.05, 0.1) is 0 Å². The Morgan fingerprint density at radius 1 is 1.10 bits per heavy atom. The Hall–Kier alpha value is -2.05. The third kappa shape index (κ3) is 2.23. The average molecular weight is 378 g/mol. The topological polar surface area (TPSA) is 69.1 Å². The van der Waals surface area contributed by atoms with E-state index in [2.05, 4.69) is 8.24 Å². The fourth-order valence-electron chi connectivity index (χ4n) is 2.08. The van der Waals surface area contributed by atoms with Crippen LogP contribution in [0.15, 0.2) is 57.9 Å². The summed E-state index contributed by atoms with van der Waals surface area (Å²) >= 11 is -2.33. The van der Waals surface area contributed by atoms with Crippen molar-refractivity contribution in [3.8, 4) is 0 Å². The summed E-state index contributed by atoms with van der Waals surface area (Å²) in [6.07, 6.45) is 0. The molecule has 6 heteroatoms. The number of azide groups is 1. The van der Waals surface area contributed by atoms with Crippen LogP contribution in [0.5, 0.6) is 0 Å². The number of fused-ring (bicyclic) bond motifs is 1. The molecule has 0 spiro atoms. The van der Waals surface area contributed by atoms with Crippen molar-refractivity contribution < 1.29 is 4.79 Å². The van der Waals surface area contributed by atoms with Crippen LogP contribution in [0.1, 0.15) is 15.9 Å². The van der Waals surface area contributed by atoms with E-state index in [1.54, 1.807) is 9.18 Å². The summed E-state index contributed by atoms with van der Waals surface area (Å²) in [5, 5.41) is 0. The van der Waals surface area contributed by atoms with E-state index in [1.165, 1.54) is 0 Å². The SMILES string of the molecule is [N-]=[N+]=NI1c2ccccc2C(=O)N1Cc1ccccc1. The normalized spacial score (nSPS) is 14.9. The van der Waals surface area contributed by atoms with Gasteiger partial charge in [0.25, 0.3) is 0 Å². The second-order valence-electron chi connectivity index (χ2n) is 4.20. The molecule has 0 saturated heterocycles. The van der Waals surface area contributed by atoms with Gasteiger partial charge < -0.3 is 0 Å². The molecule has 2 aromatic carbocycles. The molecule has 0 fully saturated rings. The number of hydrogen-bond donors (Lipinski definition) is 0. The van der Waals surface area contributed by atoms with E-state index in [0.29, 0.717) is 12.1 Å². The van der Waals surface area contributed by atoms with Gasteiger partial charge in [0.15, 0.2) is 0 Å². The van der Waals surface area contributed by atoms with Crippen LogP contribution in [0.3, 0.4) is 0 Å². The van der Waals surface area contributed by atoms with E-state index in [4.69, 9.17) is 5.53 Å². The van der Waals surface area contributed by atoms with E-state index in [1.807, 2.05) is 48.5 Å². The van der Waals surface area contributed by atoms with Crippen molar-refractivity contribution in [1.82, 2.24) is 3.11 Å². The average Bonchev–Trinajstić information content (AvgIpc) is 2.75. The van der Waals surface area contributed by atoms with Crippen molar-refractivity contribution in [1.29, 1.82) is 0 Å². The zero-order chi connectivity index (χ0) is 13.9. The van der Waals surface area contributed by atoms with Crippen molar-refractivity contribution in [3.05, 3.63) is 79.7 Å². The van der Waals surface area contributed by atoms with Gasteiger partial charge in [-0.05, 0) is 0 Å². The molecule has 0 N–H and O–H groups in total. The minimum absolute atomic E-state index is 0.0259. The van der Waals surface area contributed by atoms with Crippen LogP contribution in [0.2, 0.25) is 0 Å². The number of halogens is 1. The molecule has 0 saturated carbocycles. The molecule has 5 nitrogen and oxygen atoms in total. The van der Waals surface area contributed by atoms with E-state index in [9.17, 15) is 4.79 Å². The van der Waals surface area contributed by atoms with E-state index in [0.717, 1.165) is 9.13 Å². The number of rotatable bonds is 3. The van der Waals surface area contributed by atoms with E-state index >= 15 is 0 Å². The molecule has 1 aliphatic rings. The molecule has 0 aromatic heterocycles. The Bertz CT molecular complexity index is 697.